The van der Waals surface area contributed by atoms with Gasteiger partial charge in [0.15, 0.2) is 0 Å². The van der Waals surface area contributed by atoms with Crippen molar-refractivity contribution in [2.75, 3.05) is 13.1 Å². The van der Waals surface area contributed by atoms with Crippen molar-refractivity contribution in [3.63, 3.8) is 0 Å². The Balaban J connectivity index is 0.00000256. The molecule has 6 heteroatoms. The summed E-state index contributed by atoms with van der Waals surface area (Å²) in [4.78, 5) is 11.1. The molecule has 17 heavy (non-hydrogen) atoms. The number of benzene rings is 1. The second-order valence-electron chi connectivity index (χ2n) is 3.38. The first-order chi connectivity index (χ1) is 7.65. The van der Waals surface area contributed by atoms with Crippen LogP contribution in [-0.2, 0) is 4.79 Å². The van der Waals surface area contributed by atoms with Gasteiger partial charge in [-0.15, -0.1) is 12.4 Å². The second kappa shape index (κ2) is 8.00. The van der Waals surface area contributed by atoms with Gasteiger partial charge in [0, 0.05) is 25.1 Å². The number of nitrogens with two attached hydrogens (primary N) is 1. The number of aliphatic hydroxyl groups is 1. The quantitative estimate of drug-likeness (QED) is 0.733. The maximum absolute atomic E-state index is 13.2. The Labute approximate surface area is 105 Å². The molecule has 1 unspecified atom stereocenters. The highest BCUT2D eigenvalue weighted by Crippen LogP contribution is 2.15. The number of nitrogens with one attached hydrogen (secondary N) is 1. The number of hydrogen-bond donors (Lipinski definition) is 3. The molecule has 1 atom stereocenters. The number of carbonyl (C=O) groups excluding carboxylic acids is 1. The molecule has 0 saturated carbocycles. The van der Waals surface area contributed by atoms with Gasteiger partial charge < -0.3 is 16.2 Å². The van der Waals surface area contributed by atoms with Crippen molar-refractivity contribution in [2.24, 2.45) is 5.73 Å². The third-order valence-electron chi connectivity index (χ3n) is 2.13. The van der Waals surface area contributed by atoms with Crippen molar-refractivity contribution >= 4 is 18.3 Å². The van der Waals surface area contributed by atoms with Crippen LogP contribution in [0.25, 0.3) is 0 Å². The number of amides is 1. The summed E-state index contributed by atoms with van der Waals surface area (Å²) in [6.07, 6.45) is -0.841. The van der Waals surface area contributed by atoms with Crippen LogP contribution in [0.5, 0.6) is 0 Å². The van der Waals surface area contributed by atoms with Crippen LogP contribution in [0.3, 0.4) is 0 Å². The summed E-state index contributed by atoms with van der Waals surface area (Å²) in [5.41, 5.74) is 5.36. The van der Waals surface area contributed by atoms with Gasteiger partial charge in [-0.2, -0.15) is 0 Å². The molecule has 0 aliphatic carbocycles. The number of halogens is 2. The molecule has 96 valence electrons. The molecule has 1 aromatic rings. The van der Waals surface area contributed by atoms with Crippen LogP contribution in [0, 0.1) is 5.82 Å². The maximum Gasteiger partial charge on any atom is 0.221 e. The Morgan fingerprint density at radius 2 is 2.12 bits per heavy atom. The van der Waals surface area contributed by atoms with E-state index in [-0.39, 0.29) is 43.4 Å². The predicted molar refractivity (Wildman–Crippen MR) is 65.3 cm³/mol. The highest BCUT2D eigenvalue weighted by atomic mass is 35.5. The molecule has 0 radical (unpaired) electrons. The Hall–Kier alpha value is -1.17. The lowest BCUT2D eigenvalue weighted by atomic mass is 10.1. The minimum atomic E-state index is -1.04. The van der Waals surface area contributed by atoms with Crippen molar-refractivity contribution in [1.29, 1.82) is 0 Å². The van der Waals surface area contributed by atoms with Crippen LogP contribution in [0.2, 0.25) is 0 Å². The summed E-state index contributed by atoms with van der Waals surface area (Å²) >= 11 is 0. The van der Waals surface area contributed by atoms with Crippen LogP contribution in [0.15, 0.2) is 24.3 Å². The zero-order chi connectivity index (χ0) is 12.0. The minimum absolute atomic E-state index is 0. The average Bonchev–Trinajstić information content (AvgIpc) is 2.27. The van der Waals surface area contributed by atoms with Gasteiger partial charge >= 0.3 is 0 Å². The number of aliphatic hydroxyl groups excluding tert-OH is 1. The molecule has 4 nitrogen and oxygen atoms in total. The van der Waals surface area contributed by atoms with Gasteiger partial charge in [-0.1, -0.05) is 18.2 Å². The fourth-order valence-corrected chi connectivity index (χ4v) is 1.29. The van der Waals surface area contributed by atoms with Gasteiger partial charge in [0.25, 0.3) is 0 Å². The van der Waals surface area contributed by atoms with Crippen molar-refractivity contribution < 1.29 is 14.3 Å². The fourth-order valence-electron chi connectivity index (χ4n) is 1.29. The largest absolute Gasteiger partial charge is 0.386 e. The molecule has 4 N–H and O–H groups in total. The molecular formula is C11H16ClFN2O2. The summed E-state index contributed by atoms with van der Waals surface area (Å²) < 4.78 is 13.2. The molecule has 1 aromatic carbocycles. The zero-order valence-electron chi connectivity index (χ0n) is 9.23. The second-order valence-corrected chi connectivity index (χ2v) is 3.38. The topological polar surface area (TPSA) is 75.4 Å². The summed E-state index contributed by atoms with van der Waals surface area (Å²) in [6.45, 7) is 0.237. The molecule has 0 aromatic heterocycles. The summed E-state index contributed by atoms with van der Waals surface area (Å²) in [5.74, 6) is -0.735. The summed E-state index contributed by atoms with van der Waals surface area (Å²) in [5, 5.41) is 12.1. The first kappa shape index (κ1) is 15.8. The van der Waals surface area contributed by atoms with E-state index in [4.69, 9.17) is 5.73 Å². The molecule has 0 saturated heterocycles. The van der Waals surface area contributed by atoms with Crippen LogP contribution in [-0.4, -0.2) is 24.1 Å². The summed E-state index contributed by atoms with van der Waals surface area (Å²) in [7, 11) is 0. The van der Waals surface area contributed by atoms with E-state index in [1.54, 1.807) is 12.1 Å². The Kier molecular flexibility index (Phi) is 7.45. The lowest BCUT2D eigenvalue weighted by Crippen LogP contribution is -2.30. The van der Waals surface area contributed by atoms with Crippen LogP contribution in [0.4, 0.5) is 4.39 Å². The van der Waals surface area contributed by atoms with E-state index >= 15 is 0 Å². The van der Waals surface area contributed by atoms with E-state index in [9.17, 15) is 14.3 Å². The lowest BCUT2D eigenvalue weighted by molar-refractivity contribution is -0.121. The molecule has 0 fully saturated rings. The van der Waals surface area contributed by atoms with E-state index in [0.29, 0.717) is 0 Å². The van der Waals surface area contributed by atoms with Gasteiger partial charge in [0.2, 0.25) is 5.91 Å². The van der Waals surface area contributed by atoms with Crippen molar-refractivity contribution in [1.82, 2.24) is 5.32 Å². The van der Waals surface area contributed by atoms with Crippen LogP contribution >= 0.6 is 12.4 Å². The third-order valence-corrected chi connectivity index (χ3v) is 2.13. The van der Waals surface area contributed by atoms with Gasteiger partial charge in [-0.05, 0) is 6.07 Å². The van der Waals surface area contributed by atoms with E-state index < -0.39 is 11.9 Å². The van der Waals surface area contributed by atoms with Gasteiger partial charge in [-0.3, -0.25) is 4.79 Å². The molecule has 1 amide bonds. The average molecular weight is 263 g/mol. The fraction of sp³-hybridized carbons (Fsp3) is 0.364. The normalized spacial score (nSPS) is 11.5. The lowest BCUT2D eigenvalue weighted by Gasteiger charge is -2.12. The highest BCUT2D eigenvalue weighted by molar-refractivity contribution is 5.85. The monoisotopic (exact) mass is 262 g/mol. The van der Waals surface area contributed by atoms with E-state index in [1.165, 1.54) is 12.1 Å². The van der Waals surface area contributed by atoms with E-state index in [2.05, 4.69) is 5.32 Å². The Morgan fingerprint density at radius 1 is 1.47 bits per heavy atom. The first-order valence-electron chi connectivity index (χ1n) is 5.04. The molecular weight excluding hydrogens is 247 g/mol. The van der Waals surface area contributed by atoms with Crippen molar-refractivity contribution in [3.05, 3.63) is 35.6 Å². The van der Waals surface area contributed by atoms with Crippen molar-refractivity contribution in [2.45, 2.75) is 12.5 Å². The van der Waals surface area contributed by atoms with Crippen molar-refractivity contribution in [3.8, 4) is 0 Å². The van der Waals surface area contributed by atoms with Gasteiger partial charge in [0.1, 0.15) is 5.82 Å². The smallest absolute Gasteiger partial charge is 0.221 e. The standard InChI is InChI=1S/C11H15FN2O2.ClH/c12-9-4-2-1-3-8(9)10(15)7-14-11(16)5-6-13;/h1-4,10,15H,5-7,13H2,(H,14,16);1H. The predicted octanol–water partition coefficient (Wildman–Crippen LogP) is 0.746. The molecule has 0 aliphatic heterocycles. The molecule has 0 spiro atoms. The third kappa shape index (κ3) is 5.12. The Morgan fingerprint density at radius 3 is 2.71 bits per heavy atom. The van der Waals surface area contributed by atoms with E-state index in [1.807, 2.05) is 0 Å². The maximum atomic E-state index is 13.2. The molecule has 0 heterocycles. The Bertz CT molecular complexity index is 363. The molecule has 1 rings (SSSR count). The van der Waals surface area contributed by atoms with Gasteiger partial charge in [-0.25, -0.2) is 4.39 Å². The zero-order valence-corrected chi connectivity index (χ0v) is 10.0. The van der Waals surface area contributed by atoms with Crippen LogP contribution < -0.4 is 11.1 Å². The number of rotatable bonds is 5. The first-order valence-corrected chi connectivity index (χ1v) is 5.04. The minimum Gasteiger partial charge on any atom is -0.386 e. The highest BCUT2D eigenvalue weighted by Gasteiger charge is 2.12. The van der Waals surface area contributed by atoms with Crippen LogP contribution in [0.1, 0.15) is 18.1 Å². The number of hydrogen-bond acceptors (Lipinski definition) is 3. The van der Waals surface area contributed by atoms with Gasteiger partial charge in [0.05, 0.1) is 6.10 Å². The van der Waals surface area contributed by atoms with E-state index in [0.717, 1.165) is 0 Å². The number of carbonyl (C=O) groups is 1. The molecule has 0 bridgehead atoms. The summed E-state index contributed by atoms with van der Waals surface area (Å²) in [6, 6.07) is 5.91. The SMILES string of the molecule is Cl.NCCC(=O)NCC(O)c1ccccc1F. The molecule has 0 aliphatic rings.